The number of aromatic amines is 1. The van der Waals surface area contributed by atoms with Crippen LogP contribution in [0.1, 0.15) is 22.4 Å². The molecule has 1 heterocycles. The van der Waals surface area contributed by atoms with Crippen LogP contribution in [0.15, 0.2) is 65.5 Å². The standard InChI is InChI=1S/C25H30N4O/c1-29(2)23(15-18-8-4-3-5-9-18)17-26-25-27-22(16-24(30)28-25)14-19-12-20-10-6-7-11-21(20)13-19/h3-11,16,19,23H,12-15,17H2,1-2H3,(H2,26,27,28,30)/t23-/m1/s1. The Morgan fingerprint density at radius 2 is 1.73 bits per heavy atom. The van der Waals surface area contributed by atoms with Crippen molar-refractivity contribution in [2.45, 2.75) is 31.7 Å². The SMILES string of the molecule is CN(C)[C@@H](CNc1nc(=O)cc(CC2Cc3ccccc3C2)[nH]1)Cc1ccccc1. The van der Waals surface area contributed by atoms with Gasteiger partial charge in [0.25, 0.3) is 5.56 Å². The second-order valence-electron chi connectivity index (χ2n) is 8.53. The molecule has 1 aliphatic carbocycles. The van der Waals surface area contributed by atoms with E-state index < -0.39 is 0 Å². The predicted octanol–water partition coefficient (Wildman–Crippen LogP) is 3.31. The van der Waals surface area contributed by atoms with Gasteiger partial charge in [0.15, 0.2) is 0 Å². The zero-order valence-electron chi connectivity index (χ0n) is 17.8. The number of hydrogen-bond acceptors (Lipinski definition) is 4. The van der Waals surface area contributed by atoms with Crippen molar-refractivity contribution in [1.29, 1.82) is 0 Å². The highest BCUT2D eigenvalue weighted by Gasteiger charge is 2.21. The second kappa shape index (κ2) is 9.26. The van der Waals surface area contributed by atoms with Crippen LogP contribution in [0.4, 0.5) is 5.95 Å². The molecule has 30 heavy (non-hydrogen) atoms. The maximum absolute atomic E-state index is 12.2. The Kier molecular flexibility index (Phi) is 6.29. The zero-order chi connectivity index (χ0) is 20.9. The highest BCUT2D eigenvalue weighted by molar-refractivity contribution is 5.33. The fourth-order valence-electron chi connectivity index (χ4n) is 4.34. The molecule has 1 atom stereocenters. The van der Waals surface area contributed by atoms with Crippen LogP contribution in [0.2, 0.25) is 0 Å². The van der Waals surface area contributed by atoms with Crippen LogP contribution in [0, 0.1) is 5.92 Å². The monoisotopic (exact) mass is 402 g/mol. The molecular weight excluding hydrogens is 372 g/mol. The van der Waals surface area contributed by atoms with Crippen LogP contribution in [-0.4, -0.2) is 41.5 Å². The van der Waals surface area contributed by atoms with Gasteiger partial charge in [0.05, 0.1) is 0 Å². The van der Waals surface area contributed by atoms with Crippen molar-refractivity contribution < 1.29 is 0 Å². The Balaban J connectivity index is 1.40. The summed E-state index contributed by atoms with van der Waals surface area (Å²) in [4.78, 5) is 21.9. The third-order valence-electron chi connectivity index (χ3n) is 5.99. The highest BCUT2D eigenvalue weighted by atomic mass is 16.1. The van der Waals surface area contributed by atoms with Gasteiger partial charge < -0.3 is 15.2 Å². The van der Waals surface area contributed by atoms with Gasteiger partial charge in [0.2, 0.25) is 5.95 Å². The lowest BCUT2D eigenvalue weighted by Crippen LogP contribution is -2.37. The summed E-state index contributed by atoms with van der Waals surface area (Å²) in [6, 6.07) is 21.1. The van der Waals surface area contributed by atoms with Gasteiger partial charge in [0.1, 0.15) is 0 Å². The molecule has 0 radical (unpaired) electrons. The van der Waals surface area contributed by atoms with Crippen molar-refractivity contribution in [3.05, 3.63) is 93.4 Å². The number of anilines is 1. The lowest BCUT2D eigenvalue weighted by atomic mass is 10.00. The van der Waals surface area contributed by atoms with E-state index in [0.717, 1.165) is 31.4 Å². The van der Waals surface area contributed by atoms with Gasteiger partial charge in [-0.1, -0.05) is 54.6 Å². The average Bonchev–Trinajstić information content (AvgIpc) is 3.13. The Morgan fingerprint density at radius 3 is 2.40 bits per heavy atom. The molecule has 0 fully saturated rings. The number of likely N-dealkylation sites (N-methyl/N-ethyl adjacent to an activating group) is 1. The molecule has 0 spiro atoms. The quantitative estimate of drug-likeness (QED) is 0.607. The molecule has 0 saturated heterocycles. The Morgan fingerprint density at radius 1 is 1.07 bits per heavy atom. The molecule has 0 saturated carbocycles. The van der Waals surface area contributed by atoms with Crippen LogP contribution in [0.25, 0.3) is 0 Å². The molecule has 0 amide bonds. The summed E-state index contributed by atoms with van der Waals surface area (Å²) in [6.07, 6.45) is 3.94. The molecular formula is C25H30N4O. The first-order valence-corrected chi connectivity index (χ1v) is 10.7. The number of hydrogen-bond donors (Lipinski definition) is 2. The normalized spacial score (nSPS) is 14.6. The molecule has 1 aliphatic rings. The molecule has 4 rings (SSSR count). The first-order chi connectivity index (χ1) is 14.6. The number of H-pyrrole nitrogens is 1. The predicted molar refractivity (Wildman–Crippen MR) is 122 cm³/mol. The van der Waals surface area contributed by atoms with Crippen LogP contribution in [-0.2, 0) is 25.7 Å². The molecule has 0 aliphatic heterocycles. The molecule has 156 valence electrons. The fraction of sp³-hybridized carbons (Fsp3) is 0.360. The molecule has 5 nitrogen and oxygen atoms in total. The first-order valence-electron chi connectivity index (χ1n) is 10.7. The molecule has 1 aromatic heterocycles. The minimum Gasteiger partial charge on any atom is -0.354 e. The number of nitrogens with zero attached hydrogens (tertiary/aromatic N) is 2. The summed E-state index contributed by atoms with van der Waals surface area (Å²) in [5.74, 6) is 1.09. The smallest absolute Gasteiger partial charge is 0.274 e. The Bertz CT molecular complexity index is 1000. The minimum atomic E-state index is -0.189. The fourth-order valence-corrected chi connectivity index (χ4v) is 4.34. The highest BCUT2D eigenvalue weighted by Crippen LogP contribution is 2.28. The summed E-state index contributed by atoms with van der Waals surface area (Å²) >= 11 is 0. The van der Waals surface area contributed by atoms with Crippen molar-refractivity contribution in [2.75, 3.05) is 26.0 Å². The number of nitrogens with one attached hydrogen (secondary N) is 2. The van der Waals surface area contributed by atoms with E-state index in [4.69, 9.17) is 0 Å². The van der Waals surface area contributed by atoms with Gasteiger partial charge in [-0.2, -0.15) is 4.98 Å². The summed E-state index contributed by atoms with van der Waals surface area (Å²) in [5, 5.41) is 3.36. The van der Waals surface area contributed by atoms with E-state index in [-0.39, 0.29) is 5.56 Å². The minimum absolute atomic E-state index is 0.189. The van der Waals surface area contributed by atoms with Crippen molar-refractivity contribution in [2.24, 2.45) is 5.92 Å². The third-order valence-corrected chi connectivity index (χ3v) is 5.99. The zero-order valence-corrected chi connectivity index (χ0v) is 17.8. The maximum atomic E-state index is 12.2. The van der Waals surface area contributed by atoms with E-state index >= 15 is 0 Å². The molecule has 2 N–H and O–H groups in total. The van der Waals surface area contributed by atoms with E-state index in [2.05, 4.69) is 82.8 Å². The molecule has 2 aromatic carbocycles. The number of benzene rings is 2. The van der Waals surface area contributed by atoms with E-state index in [9.17, 15) is 4.79 Å². The first kappa shape index (κ1) is 20.4. The van der Waals surface area contributed by atoms with E-state index in [1.807, 2.05) is 6.07 Å². The lowest BCUT2D eigenvalue weighted by molar-refractivity contribution is 0.303. The molecule has 0 unspecified atom stereocenters. The number of rotatable bonds is 8. The summed E-state index contributed by atoms with van der Waals surface area (Å²) < 4.78 is 0. The Hall–Kier alpha value is -2.92. The van der Waals surface area contributed by atoms with E-state index in [1.165, 1.54) is 16.7 Å². The van der Waals surface area contributed by atoms with Crippen molar-refractivity contribution in [3.8, 4) is 0 Å². The Labute approximate surface area is 178 Å². The number of fused-ring (bicyclic) bond motifs is 1. The van der Waals surface area contributed by atoms with Crippen LogP contribution < -0.4 is 10.9 Å². The van der Waals surface area contributed by atoms with Crippen LogP contribution in [0.3, 0.4) is 0 Å². The molecule has 0 bridgehead atoms. The van der Waals surface area contributed by atoms with Gasteiger partial charge in [0, 0.05) is 24.3 Å². The van der Waals surface area contributed by atoms with Crippen molar-refractivity contribution >= 4 is 5.95 Å². The van der Waals surface area contributed by atoms with Crippen LogP contribution >= 0.6 is 0 Å². The van der Waals surface area contributed by atoms with E-state index in [0.29, 0.717) is 24.5 Å². The van der Waals surface area contributed by atoms with Gasteiger partial charge >= 0.3 is 0 Å². The lowest BCUT2D eigenvalue weighted by Gasteiger charge is -2.25. The summed E-state index contributed by atoms with van der Waals surface area (Å²) in [6.45, 7) is 0.711. The maximum Gasteiger partial charge on any atom is 0.274 e. The average molecular weight is 403 g/mol. The van der Waals surface area contributed by atoms with E-state index in [1.54, 1.807) is 6.07 Å². The largest absolute Gasteiger partial charge is 0.354 e. The second-order valence-corrected chi connectivity index (χ2v) is 8.53. The van der Waals surface area contributed by atoms with Crippen LogP contribution in [0.5, 0.6) is 0 Å². The number of aromatic nitrogens is 2. The molecule has 5 heteroatoms. The van der Waals surface area contributed by atoms with Crippen molar-refractivity contribution in [3.63, 3.8) is 0 Å². The van der Waals surface area contributed by atoms with Gasteiger partial charge in [-0.3, -0.25) is 4.79 Å². The van der Waals surface area contributed by atoms with Gasteiger partial charge in [-0.05, 0) is 62.4 Å². The van der Waals surface area contributed by atoms with Gasteiger partial charge in [-0.25, -0.2) is 0 Å². The summed E-state index contributed by atoms with van der Waals surface area (Å²) in [5.41, 5.74) is 4.94. The summed E-state index contributed by atoms with van der Waals surface area (Å²) in [7, 11) is 4.17. The third kappa shape index (κ3) is 5.16. The van der Waals surface area contributed by atoms with Crippen molar-refractivity contribution in [1.82, 2.24) is 14.9 Å². The van der Waals surface area contributed by atoms with Gasteiger partial charge in [-0.15, -0.1) is 0 Å². The molecule has 3 aromatic rings. The topological polar surface area (TPSA) is 61.0 Å².